The van der Waals surface area contributed by atoms with Gasteiger partial charge in [-0.25, -0.2) is 0 Å². The predicted octanol–water partition coefficient (Wildman–Crippen LogP) is 3.00. The molecule has 0 bridgehead atoms. The zero-order valence-corrected chi connectivity index (χ0v) is 21.2. The third-order valence-corrected chi connectivity index (χ3v) is 7.37. The average Bonchev–Trinajstić information content (AvgIpc) is 3.29. The van der Waals surface area contributed by atoms with Crippen LogP contribution in [0.5, 0.6) is 0 Å². The van der Waals surface area contributed by atoms with Crippen molar-refractivity contribution in [3.8, 4) is 0 Å². The molecule has 1 aliphatic heterocycles. The van der Waals surface area contributed by atoms with Crippen molar-refractivity contribution in [2.24, 2.45) is 0 Å². The van der Waals surface area contributed by atoms with E-state index < -0.39 is 23.6 Å². The molecule has 2 amide bonds. The fourth-order valence-corrected chi connectivity index (χ4v) is 5.47. The number of amides is 2. The Kier molecular flexibility index (Phi) is 8.88. The van der Waals surface area contributed by atoms with Crippen LogP contribution >= 0.6 is 0 Å². The second-order valence-corrected chi connectivity index (χ2v) is 9.84. The highest BCUT2D eigenvalue weighted by atomic mass is 19.4. The average molecular weight is 535 g/mol. The minimum absolute atomic E-state index is 0.166. The molecule has 8 nitrogen and oxygen atoms in total. The van der Waals surface area contributed by atoms with Crippen LogP contribution in [0.25, 0.3) is 0 Å². The lowest BCUT2D eigenvalue weighted by molar-refractivity contribution is -0.616. The number of hydrogen-bond donors (Lipinski definition) is 2. The maximum Gasteiger partial charge on any atom is 0.416 e. The highest BCUT2D eigenvalue weighted by Gasteiger charge is 2.39. The second kappa shape index (κ2) is 12.1. The summed E-state index contributed by atoms with van der Waals surface area (Å²) in [6.45, 7) is 3.28. The first-order valence-corrected chi connectivity index (χ1v) is 12.9. The van der Waals surface area contributed by atoms with Crippen LogP contribution in [0.2, 0.25) is 0 Å². The van der Waals surface area contributed by atoms with Crippen molar-refractivity contribution >= 4 is 11.8 Å². The summed E-state index contributed by atoms with van der Waals surface area (Å²) >= 11 is 0. The lowest BCUT2D eigenvalue weighted by atomic mass is 9.83. The van der Waals surface area contributed by atoms with Crippen molar-refractivity contribution in [1.82, 2.24) is 15.5 Å². The third-order valence-electron chi connectivity index (χ3n) is 7.37. The number of nitrogens with zero attached hydrogens (tertiary/aromatic N) is 2. The van der Waals surface area contributed by atoms with Crippen LogP contribution in [0.3, 0.4) is 0 Å². The van der Waals surface area contributed by atoms with Gasteiger partial charge in [0.15, 0.2) is 11.9 Å². The zero-order valence-electron chi connectivity index (χ0n) is 21.2. The van der Waals surface area contributed by atoms with Crippen molar-refractivity contribution < 1.29 is 32.2 Å². The summed E-state index contributed by atoms with van der Waals surface area (Å²) < 4.78 is 45.6. The molecule has 2 atom stereocenters. The molecule has 11 heteroatoms. The zero-order chi connectivity index (χ0) is 27.3. The van der Waals surface area contributed by atoms with E-state index in [9.17, 15) is 28.0 Å². The summed E-state index contributed by atoms with van der Waals surface area (Å²) in [6.07, 6.45) is 0.451. The van der Waals surface area contributed by atoms with E-state index in [0.717, 1.165) is 54.3 Å². The Morgan fingerprint density at radius 2 is 1.87 bits per heavy atom. The number of ether oxygens (including phenoxy) is 1. The number of pyridine rings is 1. The van der Waals surface area contributed by atoms with Crippen molar-refractivity contribution in [3.63, 3.8) is 0 Å². The fourth-order valence-electron chi connectivity index (χ4n) is 5.47. The summed E-state index contributed by atoms with van der Waals surface area (Å²) in [6, 6.07) is 9.62. The van der Waals surface area contributed by atoms with E-state index in [0.29, 0.717) is 25.7 Å². The molecule has 2 aromatic rings. The van der Waals surface area contributed by atoms with Gasteiger partial charge in [-0.2, -0.15) is 17.9 Å². The van der Waals surface area contributed by atoms with Crippen molar-refractivity contribution in [3.05, 3.63) is 70.7 Å². The van der Waals surface area contributed by atoms with E-state index in [1.165, 1.54) is 12.3 Å². The number of hydrogen-bond acceptors (Lipinski definition) is 5. The number of benzene rings is 1. The number of carbonyl (C=O) groups excluding carboxylic acids is 2. The third kappa shape index (κ3) is 6.82. The number of alkyl halides is 3. The first-order chi connectivity index (χ1) is 18.2. The molecule has 1 saturated carbocycles. The van der Waals surface area contributed by atoms with Crippen LogP contribution in [-0.2, 0) is 15.7 Å². The molecule has 1 aliphatic carbocycles. The first-order valence-electron chi connectivity index (χ1n) is 12.9. The molecule has 2 aliphatic rings. The Morgan fingerprint density at radius 1 is 1.11 bits per heavy atom. The van der Waals surface area contributed by atoms with Gasteiger partial charge in [0.2, 0.25) is 5.91 Å². The standard InChI is InChI=1S/C27H33F3N4O4/c1-2-38-24-17-33(21-11-9-18(10-12-21)23-8-3-4-13-34(23)37)16-22(24)32-25(35)15-31-26(36)19-6-5-7-20(14-19)27(28,29)30/h3-8,13-14,18,21-22,24H,2,9-12,15-17H2,1H3,(H,31,36)(H,32,35)/t18?,21?,22-,24-/m0/s1. The fraction of sp³-hybridized carbons (Fsp3) is 0.519. The maximum absolute atomic E-state index is 12.9. The Labute approximate surface area is 219 Å². The SMILES string of the molecule is CCO[C@H]1CN(C2CCC(c3cccc[n+]3[O-])CC2)C[C@@H]1NC(=O)CNC(=O)c1cccc(C(F)(F)F)c1. The summed E-state index contributed by atoms with van der Waals surface area (Å²) in [4.78, 5) is 27.3. The summed E-state index contributed by atoms with van der Waals surface area (Å²) in [5.41, 5.74) is -0.289. The molecule has 2 heterocycles. The number of aromatic nitrogens is 1. The number of likely N-dealkylation sites (tertiary alicyclic amines) is 1. The highest BCUT2D eigenvalue weighted by Crippen LogP contribution is 2.35. The van der Waals surface area contributed by atoms with E-state index in [1.54, 1.807) is 6.07 Å². The predicted molar refractivity (Wildman–Crippen MR) is 133 cm³/mol. The van der Waals surface area contributed by atoms with Crippen LogP contribution in [0, 0.1) is 5.21 Å². The summed E-state index contributed by atoms with van der Waals surface area (Å²) in [7, 11) is 0. The van der Waals surface area contributed by atoms with Crippen molar-refractivity contribution in [1.29, 1.82) is 0 Å². The molecule has 1 aromatic heterocycles. The van der Waals surface area contributed by atoms with E-state index >= 15 is 0 Å². The lowest BCUT2D eigenvalue weighted by Crippen LogP contribution is -2.48. The molecule has 38 heavy (non-hydrogen) atoms. The summed E-state index contributed by atoms with van der Waals surface area (Å²) in [5.74, 6) is -0.962. The minimum Gasteiger partial charge on any atom is -0.618 e. The number of halogens is 3. The van der Waals surface area contributed by atoms with Gasteiger partial charge in [0.25, 0.3) is 5.91 Å². The molecule has 0 unspecified atom stereocenters. The Balaban J connectivity index is 1.28. The molecule has 4 rings (SSSR count). The van der Waals surface area contributed by atoms with Gasteiger partial charge >= 0.3 is 6.18 Å². The van der Waals surface area contributed by atoms with E-state index in [-0.39, 0.29) is 30.2 Å². The molecule has 0 radical (unpaired) electrons. The van der Waals surface area contributed by atoms with Crippen LogP contribution in [0.15, 0.2) is 48.7 Å². The molecule has 0 spiro atoms. The normalized spacial score (nSPS) is 24.2. The first kappa shape index (κ1) is 27.8. The van der Waals surface area contributed by atoms with Gasteiger partial charge < -0.3 is 20.6 Å². The molecule has 206 valence electrons. The second-order valence-electron chi connectivity index (χ2n) is 9.84. The van der Waals surface area contributed by atoms with E-state index in [4.69, 9.17) is 4.74 Å². The van der Waals surface area contributed by atoms with Gasteiger partial charge in [-0.05, 0) is 50.8 Å². The monoisotopic (exact) mass is 534 g/mol. The molecule has 1 saturated heterocycles. The van der Waals surface area contributed by atoms with Crippen LogP contribution < -0.4 is 15.4 Å². The number of nitrogens with one attached hydrogen (secondary N) is 2. The van der Waals surface area contributed by atoms with E-state index in [2.05, 4.69) is 15.5 Å². The van der Waals surface area contributed by atoms with Gasteiger partial charge in [0, 0.05) is 49.4 Å². The molecular formula is C27H33F3N4O4. The maximum atomic E-state index is 12.9. The van der Waals surface area contributed by atoms with Crippen molar-refractivity contribution in [2.45, 2.75) is 62.9 Å². The van der Waals surface area contributed by atoms with Gasteiger partial charge in [0.1, 0.15) is 0 Å². The van der Waals surface area contributed by atoms with Crippen LogP contribution in [0.1, 0.15) is 60.1 Å². The quantitative estimate of drug-likeness (QED) is 0.401. The van der Waals surface area contributed by atoms with Gasteiger partial charge in [0.05, 0.1) is 24.3 Å². The lowest BCUT2D eigenvalue weighted by Gasteiger charge is -2.34. The smallest absolute Gasteiger partial charge is 0.416 e. The molecule has 1 aromatic carbocycles. The van der Waals surface area contributed by atoms with Gasteiger partial charge in [-0.1, -0.05) is 12.1 Å². The van der Waals surface area contributed by atoms with Crippen molar-refractivity contribution in [2.75, 3.05) is 26.2 Å². The van der Waals surface area contributed by atoms with Gasteiger partial charge in [-0.15, -0.1) is 0 Å². The van der Waals surface area contributed by atoms with Gasteiger partial charge in [-0.3, -0.25) is 14.5 Å². The summed E-state index contributed by atoms with van der Waals surface area (Å²) in [5, 5.41) is 17.4. The number of carbonyl (C=O) groups is 2. The van der Waals surface area contributed by atoms with Crippen LogP contribution in [-0.4, -0.2) is 61.1 Å². The molecule has 2 N–H and O–H groups in total. The Hall–Kier alpha value is -3.18. The topological polar surface area (TPSA) is 97.6 Å². The largest absolute Gasteiger partial charge is 0.618 e. The Morgan fingerprint density at radius 3 is 2.55 bits per heavy atom. The highest BCUT2D eigenvalue weighted by molar-refractivity contribution is 5.96. The van der Waals surface area contributed by atoms with Crippen LogP contribution in [0.4, 0.5) is 13.2 Å². The molecule has 2 fully saturated rings. The Bertz CT molecular complexity index is 1120. The number of rotatable bonds is 8. The van der Waals surface area contributed by atoms with E-state index in [1.807, 2.05) is 19.1 Å². The molecular weight excluding hydrogens is 501 g/mol. The minimum atomic E-state index is -4.56.